The van der Waals surface area contributed by atoms with Gasteiger partial charge in [0.1, 0.15) is 5.82 Å². The molecule has 0 spiro atoms. The summed E-state index contributed by atoms with van der Waals surface area (Å²) in [5.74, 6) is -0.612. The van der Waals surface area contributed by atoms with E-state index in [1.807, 2.05) is 18.2 Å². The number of aliphatic imine (C=N–C) groups is 1. The molecule has 1 heterocycles. The van der Waals surface area contributed by atoms with Gasteiger partial charge in [-0.3, -0.25) is 4.79 Å². The molecule has 1 unspecified atom stereocenters. The van der Waals surface area contributed by atoms with Crippen LogP contribution < -0.4 is 15.5 Å². The molecule has 0 saturated carbocycles. The lowest BCUT2D eigenvalue weighted by molar-refractivity contribution is -0.119. The van der Waals surface area contributed by atoms with Crippen LogP contribution in [0.2, 0.25) is 10.0 Å². The van der Waals surface area contributed by atoms with Crippen molar-refractivity contribution in [2.75, 3.05) is 11.9 Å². The van der Waals surface area contributed by atoms with Crippen molar-refractivity contribution < 1.29 is 9.18 Å². The highest BCUT2D eigenvalue weighted by Gasteiger charge is 2.31. The van der Waals surface area contributed by atoms with Gasteiger partial charge in [0, 0.05) is 34.8 Å². The van der Waals surface area contributed by atoms with E-state index in [0.717, 1.165) is 5.56 Å². The first kappa shape index (κ1) is 23.2. The molecule has 9 heteroatoms. The highest BCUT2D eigenvalue weighted by atomic mass is 35.5. The topological polar surface area (TPSA) is 56.7 Å². The van der Waals surface area contributed by atoms with Crippen LogP contribution in [0.1, 0.15) is 16.7 Å². The van der Waals surface area contributed by atoms with Crippen LogP contribution in [-0.4, -0.2) is 29.9 Å². The Hall–Kier alpha value is -3.00. The molecule has 0 aliphatic carbocycles. The number of rotatable bonds is 4. The summed E-state index contributed by atoms with van der Waals surface area (Å²) in [6.07, 6.45) is -0.999. The molecule has 1 aliphatic heterocycles. The van der Waals surface area contributed by atoms with E-state index in [-0.39, 0.29) is 16.8 Å². The van der Waals surface area contributed by atoms with E-state index in [1.165, 1.54) is 17.0 Å². The van der Waals surface area contributed by atoms with Crippen LogP contribution in [0.15, 0.2) is 71.7 Å². The van der Waals surface area contributed by atoms with Gasteiger partial charge < -0.3 is 15.5 Å². The Morgan fingerprint density at radius 3 is 2.55 bits per heavy atom. The monoisotopic (exact) mass is 500 g/mol. The van der Waals surface area contributed by atoms with Gasteiger partial charge in [0.15, 0.2) is 5.11 Å². The number of halogens is 3. The molecule has 0 saturated heterocycles. The van der Waals surface area contributed by atoms with Crippen molar-refractivity contribution in [3.05, 3.63) is 99.3 Å². The second-order valence-corrected chi connectivity index (χ2v) is 8.62. The van der Waals surface area contributed by atoms with Crippen molar-refractivity contribution in [2.24, 2.45) is 4.99 Å². The maximum Gasteiger partial charge on any atom is 0.272 e. The van der Waals surface area contributed by atoms with Crippen molar-refractivity contribution in [3.63, 3.8) is 0 Å². The van der Waals surface area contributed by atoms with Crippen molar-refractivity contribution in [1.82, 2.24) is 10.6 Å². The molecule has 4 rings (SSSR count). The van der Waals surface area contributed by atoms with E-state index in [2.05, 4.69) is 10.6 Å². The number of benzodiazepines with no additional fused rings is 1. The highest BCUT2D eigenvalue weighted by Crippen LogP contribution is 2.31. The molecule has 3 aromatic rings. The van der Waals surface area contributed by atoms with Crippen molar-refractivity contribution in [1.29, 1.82) is 0 Å². The summed E-state index contributed by atoms with van der Waals surface area (Å²) in [7, 11) is 1.67. The number of carbonyl (C=O) groups is 1. The Kier molecular flexibility index (Phi) is 6.93. The number of amides is 1. The van der Waals surface area contributed by atoms with Crippen LogP contribution in [0.3, 0.4) is 0 Å². The number of hydrogen-bond donors (Lipinski definition) is 2. The van der Waals surface area contributed by atoms with Gasteiger partial charge in [-0.2, -0.15) is 0 Å². The molecule has 1 atom stereocenters. The fraction of sp³-hybridized carbons (Fsp3) is 0.125. The second kappa shape index (κ2) is 9.87. The van der Waals surface area contributed by atoms with Crippen LogP contribution in [0.25, 0.3) is 0 Å². The third-order valence-electron chi connectivity index (χ3n) is 5.16. The first-order valence-electron chi connectivity index (χ1n) is 10.0. The summed E-state index contributed by atoms with van der Waals surface area (Å²) >= 11 is 18.2. The van der Waals surface area contributed by atoms with E-state index in [4.69, 9.17) is 40.4 Å². The fourth-order valence-corrected chi connectivity index (χ4v) is 4.05. The molecule has 168 valence electrons. The van der Waals surface area contributed by atoms with E-state index >= 15 is 0 Å². The molecule has 0 bridgehead atoms. The number of likely N-dealkylation sites (N-methyl/N-ethyl adjacent to an activating group) is 1. The number of nitrogens with zero attached hydrogens (tertiary/aromatic N) is 2. The molecule has 2 N–H and O–H groups in total. The van der Waals surface area contributed by atoms with Crippen molar-refractivity contribution in [3.8, 4) is 0 Å². The van der Waals surface area contributed by atoms with Gasteiger partial charge in [0.25, 0.3) is 5.91 Å². The van der Waals surface area contributed by atoms with Crippen LogP contribution in [0.5, 0.6) is 0 Å². The lowest BCUT2D eigenvalue weighted by Gasteiger charge is -2.22. The van der Waals surface area contributed by atoms with Gasteiger partial charge in [-0.15, -0.1) is 0 Å². The summed E-state index contributed by atoms with van der Waals surface area (Å²) in [4.78, 5) is 19.5. The second-order valence-electron chi connectivity index (χ2n) is 7.37. The van der Waals surface area contributed by atoms with Gasteiger partial charge in [0.2, 0.25) is 6.17 Å². The summed E-state index contributed by atoms with van der Waals surface area (Å²) in [5, 5.41) is 7.25. The smallest absolute Gasteiger partial charge is 0.272 e. The van der Waals surface area contributed by atoms with Crippen LogP contribution in [0.4, 0.5) is 10.1 Å². The molecule has 5 nitrogen and oxygen atoms in total. The SMILES string of the molecule is CN1C(=O)C(NC(=S)NCc2ccc(F)cc2)N=C(c2ccccc2Cl)c2cc(Cl)ccc21. The third-order valence-corrected chi connectivity index (χ3v) is 5.99. The lowest BCUT2D eigenvalue weighted by atomic mass is 10.00. The predicted octanol–water partition coefficient (Wildman–Crippen LogP) is 4.94. The Bertz CT molecular complexity index is 1250. The van der Waals surface area contributed by atoms with Gasteiger partial charge in [-0.05, 0) is 54.2 Å². The summed E-state index contributed by atoms with van der Waals surface area (Å²) in [6, 6.07) is 18.6. The van der Waals surface area contributed by atoms with Crippen molar-refractivity contribution in [2.45, 2.75) is 12.7 Å². The summed E-state index contributed by atoms with van der Waals surface area (Å²) in [6.45, 7) is 0.361. The largest absolute Gasteiger partial charge is 0.359 e. The van der Waals surface area contributed by atoms with Crippen LogP contribution in [0, 0.1) is 5.82 Å². The normalized spacial score (nSPS) is 15.4. The van der Waals surface area contributed by atoms with E-state index in [0.29, 0.717) is 39.1 Å². The molecular formula is C24H19Cl2FN4OS. The standard InChI is InChI=1S/C24H19Cl2FN4OS/c1-31-20-11-8-15(25)12-18(20)21(17-4-2-3-5-19(17)26)29-22(23(31)32)30-24(33)28-13-14-6-9-16(27)10-7-14/h2-12,22H,13H2,1H3,(H2,28,30,33). The molecule has 33 heavy (non-hydrogen) atoms. The average molecular weight is 501 g/mol. The number of carbonyl (C=O) groups excluding carboxylic acids is 1. The summed E-state index contributed by atoms with van der Waals surface area (Å²) < 4.78 is 13.1. The molecular weight excluding hydrogens is 482 g/mol. The predicted molar refractivity (Wildman–Crippen MR) is 135 cm³/mol. The third kappa shape index (κ3) is 5.16. The van der Waals surface area contributed by atoms with Crippen LogP contribution in [-0.2, 0) is 11.3 Å². The average Bonchev–Trinajstić information content (AvgIpc) is 2.89. The molecule has 1 aliphatic rings. The molecule has 3 aromatic carbocycles. The molecule has 0 aromatic heterocycles. The molecule has 0 radical (unpaired) electrons. The maximum absolute atomic E-state index is 13.3. The maximum atomic E-state index is 13.3. The lowest BCUT2D eigenvalue weighted by Crippen LogP contribution is -2.49. The molecule has 0 fully saturated rings. The zero-order chi connectivity index (χ0) is 23.5. The summed E-state index contributed by atoms with van der Waals surface area (Å²) in [5.41, 5.74) is 3.36. The zero-order valence-electron chi connectivity index (χ0n) is 17.5. The molecule has 1 amide bonds. The van der Waals surface area contributed by atoms with Gasteiger partial charge >= 0.3 is 0 Å². The number of hydrogen-bond acceptors (Lipinski definition) is 3. The minimum absolute atomic E-state index is 0.234. The Morgan fingerprint density at radius 2 is 1.82 bits per heavy atom. The van der Waals surface area contributed by atoms with Gasteiger partial charge in [0.05, 0.1) is 11.4 Å². The first-order valence-corrected chi connectivity index (χ1v) is 11.2. The zero-order valence-corrected chi connectivity index (χ0v) is 19.8. The van der Waals surface area contributed by atoms with Gasteiger partial charge in [-0.1, -0.05) is 53.5 Å². The quantitative estimate of drug-likeness (QED) is 0.498. The minimum atomic E-state index is -0.999. The van der Waals surface area contributed by atoms with E-state index < -0.39 is 6.17 Å². The Balaban J connectivity index is 1.66. The van der Waals surface area contributed by atoms with Crippen molar-refractivity contribution >= 4 is 57.8 Å². The van der Waals surface area contributed by atoms with Gasteiger partial charge in [-0.25, -0.2) is 9.38 Å². The number of anilines is 1. The Labute approximate surface area is 206 Å². The highest BCUT2D eigenvalue weighted by molar-refractivity contribution is 7.80. The minimum Gasteiger partial charge on any atom is -0.359 e. The fourth-order valence-electron chi connectivity index (χ4n) is 3.47. The van der Waals surface area contributed by atoms with Crippen LogP contribution >= 0.6 is 35.4 Å². The van der Waals surface area contributed by atoms with E-state index in [1.54, 1.807) is 43.4 Å². The number of fused-ring (bicyclic) bond motifs is 1. The van der Waals surface area contributed by atoms with E-state index in [9.17, 15) is 9.18 Å². The Morgan fingerprint density at radius 1 is 1.09 bits per heavy atom. The number of nitrogens with one attached hydrogen (secondary N) is 2. The number of benzene rings is 3. The number of thiocarbonyl (C=S) groups is 1. The first-order chi connectivity index (χ1) is 15.8.